The highest BCUT2D eigenvalue weighted by Crippen LogP contribution is 2.26. The molecule has 0 spiro atoms. The van der Waals surface area contributed by atoms with Crippen LogP contribution in [0.25, 0.3) is 0 Å². The lowest BCUT2D eigenvalue weighted by atomic mass is 10.1. The molecule has 0 aliphatic carbocycles. The lowest BCUT2D eigenvalue weighted by Gasteiger charge is -2.20. The number of carbonyl (C=O) groups excluding carboxylic acids is 1. The minimum atomic E-state index is -0.822. The number of aliphatic hydroxyl groups is 2. The van der Waals surface area contributed by atoms with Gasteiger partial charge in [0.05, 0.1) is 12.2 Å². The van der Waals surface area contributed by atoms with E-state index in [2.05, 4.69) is 5.32 Å². The van der Waals surface area contributed by atoms with E-state index in [-0.39, 0.29) is 25.0 Å². The normalized spacial score (nSPS) is 30.1. The second kappa shape index (κ2) is 4.26. The van der Waals surface area contributed by atoms with Gasteiger partial charge in [0.1, 0.15) is 6.04 Å². The van der Waals surface area contributed by atoms with Gasteiger partial charge in [-0.05, 0) is 11.6 Å². The molecule has 0 saturated carbocycles. The van der Waals surface area contributed by atoms with Crippen LogP contribution in [0.1, 0.15) is 5.56 Å². The minimum absolute atomic E-state index is 0.0539. The number of hydrogen-bond donors (Lipinski definition) is 3. The number of benzene rings is 1. The van der Waals surface area contributed by atoms with Crippen molar-refractivity contribution in [2.45, 2.75) is 24.7 Å². The molecular weight excluding hydrogens is 232 g/mol. The Hall–Kier alpha value is -1.59. The van der Waals surface area contributed by atoms with Crippen molar-refractivity contribution in [1.82, 2.24) is 4.90 Å². The summed E-state index contributed by atoms with van der Waals surface area (Å²) in [7, 11) is 0. The summed E-state index contributed by atoms with van der Waals surface area (Å²) >= 11 is 0. The maximum atomic E-state index is 12.2. The molecular formula is C13H16N2O3. The SMILES string of the molecule is O=C([C@@H]1Cc2ccccc2N1)N1CC(O)C(O)C1. The minimum Gasteiger partial charge on any atom is -0.388 e. The van der Waals surface area contributed by atoms with E-state index < -0.39 is 12.2 Å². The van der Waals surface area contributed by atoms with Crippen LogP contribution in [0.2, 0.25) is 0 Å². The van der Waals surface area contributed by atoms with Crippen molar-refractivity contribution >= 4 is 11.6 Å². The van der Waals surface area contributed by atoms with E-state index in [1.807, 2.05) is 24.3 Å². The molecule has 1 fully saturated rings. The van der Waals surface area contributed by atoms with Gasteiger partial charge in [-0.2, -0.15) is 0 Å². The Bertz CT molecular complexity index is 442. The molecule has 2 aliphatic rings. The summed E-state index contributed by atoms with van der Waals surface area (Å²) in [5.74, 6) is -0.0539. The number of fused-ring (bicyclic) bond motifs is 1. The zero-order valence-corrected chi connectivity index (χ0v) is 9.91. The number of para-hydroxylation sites is 1. The van der Waals surface area contributed by atoms with E-state index in [1.54, 1.807) is 0 Å². The number of carbonyl (C=O) groups is 1. The first-order chi connectivity index (χ1) is 8.65. The topological polar surface area (TPSA) is 72.8 Å². The van der Waals surface area contributed by atoms with Crippen molar-refractivity contribution in [2.24, 2.45) is 0 Å². The summed E-state index contributed by atoms with van der Waals surface area (Å²) in [6, 6.07) is 7.57. The van der Waals surface area contributed by atoms with E-state index in [0.29, 0.717) is 6.42 Å². The van der Waals surface area contributed by atoms with Crippen LogP contribution in [0.15, 0.2) is 24.3 Å². The third-order valence-corrected chi connectivity index (χ3v) is 3.64. The number of amides is 1. The van der Waals surface area contributed by atoms with Crippen molar-refractivity contribution in [3.63, 3.8) is 0 Å². The monoisotopic (exact) mass is 248 g/mol. The maximum Gasteiger partial charge on any atom is 0.245 e. The zero-order chi connectivity index (χ0) is 12.7. The Labute approximate surface area is 105 Å². The van der Waals surface area contributed by atoms with Crippen molar-refractivity contribution in [1.29, 1.82) is 0 Å². The molecule has 1 aromatic carbocycles. The van der Waals surface area contributed by atoms with E-state index in [4.69, 9.17) is 0 Å². The standard InChI is InChI=1S/C13H16N2O3/c16-11-6-15(7-12(11)17)13(18)10-5-8-3-1-2-4-9(8)14-10/h1-4,10-12,14,16-17H,5-7H2/t10-,11?,12?/m0/s1. The fourth-order valence-corrected chi connectivity index (χ4v) is 2.62. The first-order valence-corrected chi connectivity index (χ1v) is 6.14. The summed E-state index contributed by atoms with van der Waals surface area (Å²) in [5.41, 5.74) is 2.13. The van der Waals surface area contributed by atoms with Gasteiger partial charge < -0.3 is 20.4 Å². The summed E-state index contributed by atoms with van der Waals surface area (Å²) in [5, 5.41) is 22.1. The number of likely N-dealkylation sites (tertiary alicyclic amines) is 1. The third-order valence-electron chi connectivity index (χ3n) is 3.64. The van der Waals surface area contributed by atoms with E-state index in [9.17, 15) is 15.0 Å². The highest BCUT2D eigenvalue weighted by Gasteiger charge is 2.37. The Morgan fingerprint density at radius 1 is 1.22 bits per heavy atom. The van der Waals surface area contributed by atoms with Crippen molar-refractivity contribution in [3.05, 3.63) is 29.8 Å². The molecule has 0 bridgehead atoms. The summed E-state index contributed by atoms with van der Waals surface area (Å²) in [6.45, 7) is 0.434. The molecule has 0 radical (unpaired) electrons. The van der Waals surface area contributed by atoms with Gasteiger partial charge in [0.2, 0.25) is 5.91 Å². The first kappa shape index (κ1) is 11.5. The molecule has 1 amide bonds. The molecule has 2 unspecified atom stereocenters. The fourth-order valence-electron chi connectivity index (χ4n) is 2.62. The number of aliphatic hydroxyl groups excluding tert-OH is 2. The van der Waals surface area contributed by atoms with Gasteiger partial charge in [0, 0.05) is 25.2 Å². The molecule has 18 heavy (non-hydrogen) atoms. The molecule has 3 rings (SSSR count). The van der Waals surface area contributed by atoms with Gasteiger partial charge in [-0.3, -0.25) is 4.79 Å². The first-order valence-electron chi connectivity index (χ1n) is 6.14. The van der Waals surface area contributed by atoms with Crippen molar-refractivity contribution in [2.75, 3.05) is 18.4 Å². The van der Waals surface area contributed by atoms with Crippen LogP contribution in [0.4, 0.5) is 5.69 Å². The average molecular weight is 248 g/mol. The van der Waals surface area contributed by atoms with Crippen LogP contribution in [-0.2, 0) is 11.2 Å². The van der Waals surface area contributed by atoms with Gasteiger partial charge >= 0.3 is 0 Å². The molecule has 0 aromatic heterocycles. The predicted octanol–water partition coefficient (Wildman–Crippen LogP) is -0.413. The average Bonchev–Trinajstić information content (AvgIpc) is 2.93. The Balaban J connectivity index is 1.70. The van der Waals surface area contributed by atoms with E-state index in [1.165, 1.54) is 4.90 Å². The van der Waals surface area contributed by atoms with Crippen LogP contribution in [0, 0.1) is 0 Å². The van der Waals surface area contributed by atoms with Crippen LogP contribution in [-0.4, -0.2) is 52.4 Å². The summed E-state index contributed by atoms with van der Waals surface area (Å²) < 4.78 is 0. The quantitative estimate of drug-likeness (QED) is 0.631. The van der Waals surface area contributed by atoms with Gasteiger partial charge in [-0.15, -0.1) is 0 Å². The van der Waals surface area contributed by atoms with E-state index in [0.717, 1.165) is 11.3 Å². The Morgan fingerprint density at radius 2 is 1.89 bits per heavy atom. The third kappa shape index (κ3) is 1.85. The molecule has 96 valence electrons. The number of rotatable bonds is 1. The maximum absolute atomic E-state index is 12.2. The predicted molar refractivity (Wildman–Crippen MR) is 66.2 cm³/mol. The number of β-amino-alcohol motifs (C(OH)–C–C–N with tert-alkyl or cyclic N) is 2. The Morgan fingerprint density at radius 3 is 2.56 bits per heavy atom. The number of nitrogens with zero attached hydrogens (tertiary/aromatic N) is 1. The van der Waals surface area contributed by atoms with Crippen LogP contribution in [0.3, 0.4) is 0 Å². The van der Waals surface area contributed by atoms with Crippen molar-refractivity contribution in [3.8, 4) is 0 Å². The second-order valence-corrected chi connectivity index (χ2v) is 4.94. The molecule has 3 atom stereocenters. The largest absolute Gasteiger partial charge is 0.388 e. The molecule has 2 aliphatic heterocycles. The highest BCUT2D eigenvalue weighted by atomic mass is 16.3. The van der Waals surface area contributed by atoms with Crippen LogP contribution >= 0.6 is 0 Å². The van der Waals surface area contributed by atoms with Gasteiger partial charge in [0.25, 0.3) is 0 Å². The molecule has 5 heteroatoms. The number of hydrogen-bond acceptors (Lipinski definition) is 4. The van der Waals surface area contributed by atoms with E-state index >= 15 is 0 Å². The second-order valence-electron chi connectivity index (χ2n) is 4.94. The van der Waals surface area contributed by atoms with Crippen LogP contribution in [0.5, 0.6) is 0 Å². The van der Waals surface area contributed by atoms with Gasteiger partial charge in [0.15, 0.2) is 0 Å². The highest BCUT2D eigenvalue weighted by molar-refractivity contribution is 5.87. The fraction of sp³-hybridized carbons (Fsp3) is 0.462. The molecule has 2 heterocycles. The zero-order valence-electron chi connectivity index (χ0n) is 9.91. The van der Waals surface area contributed by atoms with Gasteiger partial charge in [-0.25, -0.2) is 0 Å². The van der Waals surface area contributed by atoms with Gasteiger partial charge in [-0.1, -0.05) is 18.2 Å². The number of anilines is 1. The molecule has 1 saturated heterocycles. The number of nitrogens with one attached hydrogen (secondary N) is 1. The summed E-state index contributed by atoms with van der Waals surface area (Å²) in [6.07, 6.45) is -0.979. The lowest BCUT2D eigenvalue weighted by molar-refractivity contribution is -0.131. The smallest absolute Gasteiger partial charge is 0.245 e. The van der Waals surface area contributed by atoms with Crippen molar-refractivity contribution < 1.29 is 15.0 Å². The summed E-state index contributed by atoms with van der Waals surface area (Å²) in [4.78, 5) is 13.8. The molecule has 1 aromatic rings. The molecule has 3 N–H and O–H groups in total. The van der Waals surface area contributed by atoms with Crippen LogP contribution < -0.4 is 5.32 Å². The molecule has 5 nitrogen and oxygen atoms in total. The Kier molecular flexibility index (Phi) is 2.72. The lowest BCUT2D eigenvalue weighted by Crippen LogP contribution is -2.41.